The van der Waals surface area contributed by atoms with E-state index in [-0.39, 0.29) is 0 Å². The Kier molecular flexibility index (Phi) is 2.70. The third-order valence-electron chi connectivity index (χ3n) is 1.95. The molecule has 0 aromatic carbocycles. The van der Waals surface area contributed by atoms with Gasteiger partial charge >= 0.3 is 0 Å². The Morgan fingerprint density at radius 3 is 2.85 bits per heavy atom. The average molecular weight is 176 g/mol. The van der Waals surface area contributed by atoms with Crippen LogP contribution in [0.3, 0.4) is 0 Å². The van der Waals surface area contributed by atoms with Crippen molar-refractivity contribution in [2.75, 3.05) is 19.4 Å². The van der Waals surface area contributed by atoms with Crippen LogP contribution in [-0.4, -0.2) is 24.8 Å². The van der Waals surface area contributed by atoms with Gasteiger partial charge in [-0.3, -0.25) is 4.99 Å². The normalized spacial score (nSPS) is 11.1. The van der Waals surface area contributed by atoms with Gasteiger partial charge in [-0.05, 0) is 6.92 Å². The summed E-state index contributed by atoms with van der Waals surface area (Å²) in [5.74, 6) is 0.833. The van der Waals surface area contributed by atoms with Gasteiger partial charge in [0.15, 0.2) is 0 Å². The third kappa shape index (κ3) is 1.54. The van der Waals surface area contributed by atoms with Crippen LogP contribution in [0, 0.1) is 11.3 Å². The van der Waals surface area contributed by atoms with Crippen molar-refractivity contribution in [2.45, 2.75) is 6.92 Å². The first-order valence-electron chi connectivity index (χ1n) is 3.97. The van der Waals surface area contributed by atoms with Gasteiger partial charge in [0.1, 0.15) is 11.9 Å². The first-order valence-corrected chi connectivity index (χ1v) is 3.97. The smallest absolute Gasteiger partial charge is 0.113 e. The summed E-state index contributed by atoms with van der Waals surface area (Å²) in [5.41, 5.74) is 2.32. The van der Waals surface area contributed by atoms with E-state index in [9.17, 15) is 0 Å². The Morgan fingerprint density at radius 1 is 1.69 bits per heavy atom. The number of aromatic nitrogens is 1. The van der Waals surface area contributed by atoms with Gasteiger partial charge in [0.05, 0.1) is 11.1 Å². The second-order valence-electron chi connectivity index (χ2n) is 2.62. The molecule has 0 aliphatic heterocycles. The number of aromatic amines is 1. The molecule has 1 heterocycles. The van der Waals surface area contributed by atoms with Crippen LogP contribution in [0.4, 0.5) is 5.82 Å². The first kappa shape index (κ1) is 9.33. The highest BCUT2D eigenvalue weighted by Crippen LogP contribution is 2.18. The first-order chi connectivity index (χ1) is 6.24. The highest BCUT2D eigenvalue weighted by Gasteiger charge is 2.11. The number of nitrogens with one attached hydrogen (secondary N) is 2. The monoisotopic (exact) mass is 176 g/mol. The van der Waals surface area contributed by atoms with Crippen molar-refractivity contribution >= 4 is 11.5 Å². The van der Waals surface area contributed by atoms with Crippen LogP contribution in [0.15, 0.2) is 11.2 Å². The molecule has 1 aromatic rings. The van der Waals surface area contributed by atoms with Crippen LogP contribution >= 0.6 is 0 Å². The summed E-state index contributed by atoms with van der Waals surface area (Å²) in [6.07, 6.45) is 1.68. The minimum Gasteiger partial charge on any atom is -0.374 e. The Morgan fingerprint density at radius 2 is 2.38 bits per heavy atom. The molecule has 0 aliphatic rings. The van der Waals surface area contributed by atoms with Gasteiger partial charge in [0.2, 0.25) is 0 Å². The molecule has 0 spiro atoms. The molecule has 4 heteroatoms. The zero-order valence-electron chi connectivity index (χ0n) is 7.97. The lowest BCUT2D eigenvalue weighted by molar-refractivity contribution is 1.34. The van der Waals surface area contributed by atoms with Crippen molar-refractivity contribution in [1.82, 2.24) is 4.98 Å². The summed E-state index contributed by atoms with van der Waals surface area (Å²) in [4.78, 5) is 7.03. The van der Waals surface area contributed by atoms with E-state index in [1.165, 1.54) is 0 Å². The van der Waals surface area contributed by atoms with Gasteiger partial charge < -0.3 is 10.3 Å². The molecular formula is C9H12N4. The Hall–Kier alpha value is -1.76. The number of hydrogen-bond donors (Lipinski definition) is 2. The molecule has 13 heavy (non-hydrogen) atoms. The Balaban J connectivity index is 3.30. The fraction of sp³-hybridized carbons (Fsp3) is 0.333. The average Bonchev–Trinajstić information content (AvgIpc) is 2.59. The summed E-state index contributed by atoms with van der Waals surface area (Å²) in [6.45, 7) is 1.88. The second-order valence-corrected chi connectivity index (χ2v) is 2.62. The molecule has 0 unspecified atom stereocenters. The van der Waals surface area contributed by atoms with E-state index in [0.29, 0.717) is 5.56 Å². The quantitative estimate of drug-likeness (QED) is 0.668. The van der Waals surface area contributed by atoms with E-state index in [4.69, 9.17) is 5.26 Å². The predicted octanol–water partition coefficient (Wildman–Crippen LogP) is 1.37. The van der Waals surface area contributed by atoms with Gasteiger partial charge in [0, 0.05) is 26.0 Å². The summed E-state index contributed by atoms with van der Waals surface area (Å²) >= 11 is 0. The van der Waals surface area contributed by atoms with Crippen LogP contribution in [0.2, 0.25) is 0 Å². The van der Waals surface area contributed by atoms with E-state index in [1.54, 1.807) is 20.3 Å². The van der Waals surface area contributed by atoms with Gasteiger partial charge in [-0.25, -0.2) is 0 Å². The van der Waals surface area contributed by atoms with Gasteiger partial charge in [-0.15, -0.1) is 0 Å². The van der Waals surface area contributed by atoms with E-state index in [2.05, 4.69) is 21.4 Å². The van der Waals surface area contributed by atoms with Crippen molar-refractivity contribution in [3.63, 3.8) is 0 Å². The zero-order chi connectivity index (χ0) is 9.84. The number of hydrogen-bond acceptors (Lipinski definition) is 3. The fourth-order valence-electron chi connectivity index (χ4n) is 1.20. The highest BCUT2D eigenvalue weighted by molar-refractivity contribution is 6.05. The van der Waals surface area contributed by atoms with Gasteiger partial charge in [-0.1, -0.05) is 0 Å². The molecule has 2 N–H and O–H groups in total. The van der Waals surface area contributed by atoms with Crippen molar-refractivity contribution in [1.29, 1.82) is 5.26 Å². The van der Waals surface area contributed by atoms with Crippen molar-refractivity contribution in [3.05, 3.63) is 17.3 Å². The van der Waals surface area contributed by atoms with Crippen molar-refractivity contribution in [3.8, 4) is 6.07 Å². The van der Waals surface area contributed by atoms with E-state index in [1.807, 2.05) is 6.92 Å². The topological polar surface area (TPSA) is 64.0 Å². The second kappa shape index (κ2) is 3.76. The summed E-state index contributed by atoms with van der Waals surface area (Å²) in [6, 6.07) is 2.11. The van der Waals surface area contributed by atoms with E-state index < -0.39 is 0 Å². The molecule has 0 fully saturated rings. The molecule has 4 nitrogen and oxygen atoms in total. The molecule has 1 aromatic heterocycles. The predicted molar refractivity (Wildman–Crippen MR) is 53.2 cm³/mol. The van der Waals surface area contributed by atoms with Gasteiger partial charge in [0.25, 0.3) is 0 Å². The maximum atomic E-state index is 8.82. The number of anilines is 1. The van der Waals surface area contributed by atoms with Crippen LogP contribution in [0.5, 0.6) is 0 Å². The fourth-order valence-corrected chi connectivity index (χ4v) is 1.20. The van der Waals surface area contributed by atoms with E-state index >= 15 is 0 Å². The summed E-state index contributed by atoms with van der Waals surface area (Å²) in [5, 5.41) is 11.8. The molecule has 0 atom stereocenters. The van der Waals surface area contributed by atoms with E-state index in [0.717, 1.165) is 17.1 Å². The SMILES string of the molecule is CN=C(C)c1c(C#N)c[nH]c1NC. The molecular weight excluding hydrogens is 164 g/mol. The largest absolute Gasteiger partial charge is 0.374 e. The lowest BCUT2D eigenvalue weighted by Crippen LogP contribution is -2.00. The maximum absolute atomic E-state index is 8.82. The Bertz CT molecular complexity index is 367. The Labute approximate surface area is 77.3 Å². The molecule has 0 saturated heterocycles. The van der Waals surface area contributed by atoms with Gasteiger partial charge in [-0.2, -0.15) is 5.26 Å². The molecule has 0 radical (unpaired) electrons. The van der Waals surface area contributed by atoms with Crippen LogP contribution < -0.4 is 5.32 Å². The van der Waals surface area contributed by atoms with Crippen LogP contribution in [-0.2, 0) is 0 Å². The minimum absolute atomic E-state index is 0.618. The van der Waals surface area contributed by atoms with Crippen molar-refractivity contribution < 1.29 is 0 Å². The zero-order valence-corrected chi connectivity index (χ0v) is 7.97. The van der Waals surface area contributed by atoms with Crippen LogP contribution in [0.25, 0.3) is 0 Å². The summed E-state index contributed by atoms with van der Waals surface area (Å²) < 4.78 is 0. The number of aliphatic imine (C=N–C) groups is 1. The molecule has 1 rings (SSSR count). The standard InChI is InChI=1S/C9H12N4/c1-6(11-2)8-7(4-10)5-13-9(8)12-3/h5,12-13H,1-3H3. The van der Waals surface area contributed by atoms with Crippen LogP contribution in [0.1, 0.15) is 18.1 Å². The number of nitrogens with zero attached hydrogens (tertiary/aromatic N) is 2. The lowest BCUT2D eigenvalue weighted by Gasteiger charge is -2.01. The number of H-pyrrole nitrogens is 1. The molecule has 0 bridgehead atoms. The number of nitriles is 1. The third-order valence-corrected chi connectivity index (χ3v) is 1.95. The molecule has 0 amide bonds. The lowest BCUT2D eigenvalue weighted by atomic mass is 10.1. The minimum atomic E-state index is 0.618. The molecule has 0 aliphatic carbocycles. The summed E-state index contributed by atoms with van der Waals surface area (Å²) in [7, 11) is 3.52. The number of rotatable bonds is 2. The maximum Gasteiger partial charge on any atom is 0.113 e. The molecule has 68 valence electrons. The molecule has 0 saturated carbocycles. The highest BCUT2D eigenvalue weighted by atomic mass is 15.0. The van der Waals surface area contributed by atoms with Crippen molar-refractivity contribution in [2.24, 2.45) is 4.99 Å².